The number of likely N-dealkylation sites (N-methyl/N-ethyl adjacent to an activating group) is 1. The third kappa shape index (κ3) is 3.64. The zero-order valence-electron chi connectivity index (χ0n) is 9.35. The average molecular weight is 286 g/mol. The third-order valence-corrected chi connectivity index (χ3v) is 4.39. The lowest BCUT2D eigenvalue weighted by molar-refractivity contribution is 0.0947. The molecular weight excluding hydrogens is 274 g/mol. The number of nitrogens with zero attached hydrogens (tertiary/aromatic N) is 1. The van der Waals surface area contributed by atoms with E-state index in [1.54, 1.807) is 11.3 Å². The molecule has 0 atom stereocenters. The molecule has 2 heterocycles. The summed E-state index contributed by atoms with van der Waals surface area (Å²) < 4.78 is 0.790. The largest absolute Gasteiger partial charge is 0.294 e. The highest BCUT2D eigenvalue weighted by molar-refractivity contribution is 7.16. The fourth-order valence-corrected chi connectivity index (χ4v) is 3.34. The van der Waals surface area contributed by atoms with E-state index in [1.807, 2.05) is 41.6 Å². The molecule has 0 saturated heterocycles. The van der Waals surface area contributed by atoms with Gasteiger partial charge in [-0.3, -0.25) is 9.69 Å². The Balaban J connectivity index is 1.89. The zero-order valence-corrected chi connectivity index (χ0v) is 11.7. The number of thiophene rings is 2. The Morgan fingerprint density at radius 3 is 2.82 bits per heavy atom. The van der Waals surface area contributed by atoms with Crippen molar-refractivity contribution in [3.8, 4) is 0 Å². The zero-order chi connectivity index (χ0) is 12.3. The standard InChI is InChI=1S/C12H12ClNOS2/c1-14(7-9-4-5-12(13)17-9)8-10(15)11-3-2-6-16-11/h2-6H,7-8H2,1H3. The van der Waals surface area contributed by atoms with Crippen LogP contribution in [0.2, 0.25) is 4.34 Å². The monoisotopic (exact) mass is 285 g/mol. The highest BCUT2D eigenvalue weighted by Gasteiger charge is 2.11. The molecule has 0 bridgehead atoms. The number of Topliss-reactive ketones (excluding diaryl/α,β-unsaturated/α-hetero) is 1. The van der Waals surface area contributed by atoms with Crippen molar-refractivity contribution in [2.75, 3.05) is 13.6 Å². The predicted octanol–water partition coefficient (Wildman–Crippen LogP) is 3.78. The summed E-state index contributed by atoms with van der Waals surface area (Å²) >= 11 is 8.91. The van der Waals surface area contributed by atoms with E-state index in [2.05, 4.69) is 0 Å². The maximum absolute atomic E-state index is 11.9. The van der Waals surface area contributed by atoms with Crippen molar-refractivity contribution >= 4 is 40.1 Å². The van der Waals surface area contributed by atoms with Gasteiger partial charge in [0.15, 0.2) is 5.78 Å². The number of carbonyl (C=O) groups excluding carboxylic acids is 1. The van der Waals surface area contributed by atoms with Gasteiger partial charge in [0.25, 0.3) is 0 Å². The van der Waals surface area contributed by atoms with E-state index in [4.69, 9.17) is 11.6 Å². The molecule has 5 heteroatoms. The molecule has 0 N–H and O–H groups in total. The maximum atomic E-state index is 11.9. The van der Waals surface area contributed by atoms with Crippen LogP contribution in [0.15, 0.2) is 29.6 Å². The molecule has 2 nitrogen and oxygen atoms in total. The van der Waals surface area contributed by atoms with Crippen molar-refractivity contribution in [3.63, 3.8) is 0 Å². The van der Waals surface area contributed by atoms with Crippen LogP contribution in [0.1, 0.15) is 14.5 Å². The summed E-state index contributed by atoms with van der Waals surface area (Å²) in [5.74, 6) is 0.171. The lowest BCUT2D eigenvalue weighted by atomic mass is 10.3. The highest BCUT2D eigenvalue weighted by atomic mass is 35.5. The molecule has 2 rings (SSSR count). The number of hydrogen-bond donors (Lipinski definition) is 0. The topological polar surface area (TPSA) is 20.3 Å². The Labute approximate surface area is 113 Å². The lowest BCUT2D eigenvalue weighted by Crippen LogP contribution is -2.24. The van der Waals surface area contributed by atoms with E-state index in [-0.39, 0.29) is 5.78 Å². The van der Waals surface area contributed by atoms with E-state index in [1.165, 1.54) is 16.2 Å². The fraction of sp³-hybridized carbons (Fsp3) is 0.250. The van der Waals surface area contributed by atoms with Gasteiger partial charge in [-0.2, -0.15) is 0 Å². The Morgan fingerprint density at radius 1 is 1.41 bits per heavy atom. The molecule has 0 unspecified atom stereocenters. The summed E-state index contributed by atoms with van der Waals surface area (Å²) in [4.78, 5) is 15.9. The number of ketones is 1. The van der Waals surface area contributed by atoms with E-state index in [0.29, 0.717) is 6.54 Å². The highest BCUT2D eigenvalue weighted by Crippen LogP contribution is 2.22. The van der Waals surface area contributed by atoms with Crippen molar-refractivity contribution < 1.29 is 4.79 Å². The first-order valence-electron chi connectivity index (χ1n) is 5.14. The molecule has 2 aromatic heterocycles. The summed E-state index contributed by atoms with van der Waals surface area (Å²) in [6.07, 6.45) is 0. The second-order valence-electron chi connectivity index (χ2n) is 3.78. The van der Waals surface area contributed by atoms with Gasteiger partial charge < -0.3 is 0 Å². The molecule has 0 amide bonds. The molecule has 0 aliphatic carbocycles. The molecule has 0 saturated carbocycles. The molecule has 0 aliphatic heterocycles. The van der Waals surface area contributed by atoms with Crippen molar-refractivity contribution in [1.82, 2.24) is 4.90 Å². The van der Waals surface area contributed by atoms with Crippen LogP contribution in [0.25, 0.3) is 0 Å². The molecule has 0 spiro atoms. The average Bonchev–Trinajstić information content (AvgIpc) is 2.89. The van der Waals surface area contributed by atoms with Crippen molar-refractivity contribution in [1.29, 1.82) is 0 Å². The Bertz CT molecular complexity index is 492. The maximum Gasteiger partial charge on any atom is 0.186 e. The van der Waals surface area contributed by atoms with Gasteiger partial charge in [0.1, 0.15) is 0 Å². The van der Waals surface area contributed by atoms with Gasteiger partial charge in [0, 0.05) is 11.4 Å². The van der Waals surface area contributed by atoms with Crippen LogP contribution in [-0.2, 0) is 6.54 Å². The van der Waals surface area contributed by atoms with E-state index < -0.39 is 0 Å². The molecule has 0 aliphatic rings. The minimum absolute atomic E-state index is 0.171. The van der Waals surface area contributed by atoms with Crippen molar-refractivity contribution in [2.45, 2.75) is 6.54 Å². The third-order valence-electron chi connectivity index (χ3n) is 2.26. The van der Waals surface area contributed by atoms with Crippen LogP contribution in [0.4, 0.5) is 0 Å². The molecule has 0 aromatic carbocycles. The van der Waals surface area contributed by atoms with Gasteiger partial charge in [0.05, 0.1) is 15.8 Å². The summed E-state index contributed by atoms with van der Waals surface area (Å²) in [5, 5.41) is 1.92. The molecule has 17 heavy (non-hydrogen) atoms. The lowest BCUT2D eigenvalue weighted by Gasteiger charge is -2.13. The normalized spacial score (nSPS) is 11.0. The van der Waals surface area contributed by atoms with Crippen LogP contribution >= 0.6 is 34.3 Å². The number of rotatable bonds is 5. The molecule has 90 valence electrons. The first-order chi connectivity index (χ1) is 8.15. The van der Waals surface area contributed by atoms with Crippen LogP contribution in [0.3, 0.4) is 0 Å². The summed E-state index contributed by atoms with van der Waals surface area (Å²) in [5.41, 5.74) is 0. The molecule has 0 radical (unpaired) electrons. The van der Waals surface area contributed by atoms with Gasteiger partial charge >= 0.3 is 0 Å². The molecule has 0 fully saturated rings. The Morgan fingerprint density at radius 2 is 2.24 bits per heavy atom. The number of carbonyl (C=O) groups is 1. The van der Waals surface area contributed by atoms with Gasteiger partial charge in [-0.25, -0.2) is 0 Å². The van der Waals surface area contributed by atoms with Crippen LogP contribution in [0.5, 0.6) is 0 Å². The predicted molar refractivity (Wildman–Crippen MR) is 74.3 cm³/mol. The van der Waals surface area contributed by atoms with Crippen LogP contribution in [0, 0.1) is 0 Å². The first kappa shape index (κ1) is 12.8. The molecular formula is C12H12ClNOS2. The van der Waals surface area contributed by atoms with Gasteiger partial charge in [-0.05, 0) is 30.6 Å². The quantitative estimate of drug-likeness (QED) is 0.779. The number of halogens is 1. The smallest absolute Gasteiger partial charge is 0.186 e. The van der Waals surface area contributed by atoms with E-state index >= 15 is 0 Å². The minimum atomic E-state index is 0.171. The van der Waals surface area contributed by atoms with Crippen LogP contribution < -0.4 is 0 Å². The van der Waals surface area contributed by atoms with Gasteiger partial charge in [0.2, 0.25) is 0 Å². The van der Waals surface area contributed by atoms with Gasteiger partial charge in [-0.15, -0.1) is 22.7 Å². The molecule has 2 aromatic rings. The van der Waals surface area contributed by atoms with Gasteiger partial charge in [-0.1, -0.05) is 17.7 Å². The summed E-state index contributed by atoms with van der Waals surface area (Å²) in [6.45, 7) is 1.20. The summed E-state index contributed by atoms with van der Waals surface area (Å²) in [7, 11) is 1.94. The SMILES string of the molecule is CN(CC(=O)c1cccs1)Cc1ccc(Cl)s1. The first-order valence-corrected chi connectivity index (χ1v) is 7.22. The second-order valence-corrected chi connectivity index (χ2v) is 6.53. The minimum Gasteiger partial charge on any atom is -0.294 e. The Hall–Kier alpha value is -0.680. The van der Waals surface area contributed by atoms with E-state index in [0.717, 1.165) is 15.8 Å². The van der Waals surface area contributed by atoms with Crippen LogP contribution in [-0.4, -0.2) is 24.3 Å². The van der Waals surface area contributed by atoms with E-state index in [9.17, 15) is 4.79 Å². The van der Waals surface area contributed by atoms with Crippen molar-refractivity contribution in [2.24, 2.45) is 0 Å². The van der Waals surface area contributed by atoms with Crippen molar-refractivity contribution in [3.05, 3.63) is 43.7 Å². The fourth-order valence-electron chi connectivity index (χ4n) is 1.52. The second kappa shape index (κ2) is 5.78. The number of hydrogen-bond acceptors (Lipinski definition) is 4. The Kier molecular flexibility index (Phi) is 4.34. The summed E-state index contributed by atoms with van der Waals surface area (Å²) in [6, 6.07) is 7.65.